The van der Waals surface area contributed by atoms with Gasteiger partial charge in [-0.2, -0.15) is 8.78 Å². The summed E-state index contributed by atoms with van der Waals surface area (Å²) < 4.78 is 30.8. The van der Waals surface area contributed by atoms with Gasteiger partial charge in [0.15, 0.2) is 0 Å². The summed E-state index contributed by atoms with van der Waals surface area (Å²) in [7, 11) is 0. The Morgan fingerprint density at radius 2 is 2.04 bits per heavy atom. The fourth-order valence-corrected chi connectivity index (χ4v) is 3.74. The van der Waals surface area contributed by atoms with Crippen LogP contribution in [0.1, 0.15) is 41.3 Å². The molecule has 1 aromatic carbocycles. The van der Waals surface area contributed by atoms with Gasteiger partial charge < -0.3 is 9.88 Å². The van der Waals surface area contributed by atoms with E-state index < -0.39 is 17.4 Å². The Bertz CT molecular complexity index is 983. The summed E-state index contributed by atoms with van der Waals surface area (Å²) in [6, 6.07) is 9.65. The number of fused-ring (bicyclic) bond motifs is 1. The fraction of sp³-hybridized carbons (Fsp3) is 0.286. The van der Waals surface area contributed by atoms with E-state index in [1.807, 2.05) is 25.4 Å². The van der Waals surface area contributed by atoms with E-state index in [2.05, 4.69) is 19.9 Å². The number of halogens is 2. The number of hydrogen-bond donors (Lipinski definition) is 1. The maximum absolute atomic E-state index is 14.3. The number of rotatable bonds is 4. The largest absolute Gasteiger partial charge is 0.351 e. The lowest BCUT2D eigenvalue weighted by molar-refractivity contribution is -0.141. The molecule has 0 aliphatic carbocycles. The first-order valence-corrected chi connectivity index (χ1v) is 9.18. The molecule has 0 bridgehead atoms. The Morgan fingerprint density at radius 1 is 1.25 bits per heavy atom. The van der Waals surface area contributed by atoms with Crippen LogP contribution in [-0.2, 0) is 17.3 Å². The molecule has 0 unspecified atom stereocenters. The van der Waals surface area contributed by atoms with Gasteiger partial charge in [-0.05, 0) is 49.6 Å². The van der Waals surface area contributed by atoms with Gasteiger partial charge in [0.25, 0.3) is 5.91 Å². The van der Waals surface area contributed by atoms with Gasteiger partial charge in [0.1, 0.15) is 0 Å². The molecule has 1 aliphatic rings. The minimum Gasteiger partial charge on any atom is -0.334 e. The van der Waals surface area contributed by atoms with Crippen molar-refractivity contribution in [2.24, 2.45) is 0 Å². The number of anilines is 1. The molecule has 2 aromatic heterocycles. The summed E-state index contributed by atoms with van der Waals surface area (Å²) in [5, 5.41) is 2.30. The average Bonchev–Trinajstić information content (AvgIpc) is 3.10. The van der Waals surface area contributed by atoms with Crippen molar-refractivity contribution >= 4 is 11.6 Å². The molecular weight excluding hydrogens is 362 g/mol. The SMILES string of the molecule is Cc1ncn2c1[C@@H](c1ccc(NC(=O)C(F)(F)c3cccnc3)cc1)CCC2. The first-order valence-electron chi connectivity index (χ1n) is 9.18. The van der Waals surface area contributed by atoms with Crippen LogP contribution in [0.3, 0.4) is 0 Å². The van der Waals surface area contributed by atoms with Crippen molar-refractivity contribution in [3.63, 3.8) is 0 Å². The lowest BCUT2D eigenvalue weighted by atomic mass is 9.87. The third-order valence-electron chi connectivity index (χ3n) is 5.17. The molecule has 1 N–H and O–H groups in total. The maximum atomic E-state index is 14.3. The second-order valence-corrected chi connectivity index (χ2v) is 7.00. The van der Waals surface area contributed by atoms with Crippen LogP contribution in [-0.4, -0.2) is 20.4 Å². The summed E-state index contributed by atoms with van der Waals surface area (Å²) in [6.07, 6.45) is 6.32. The van der Waals surface area contributed by atoms with Crippen molar-refractivity contribution in [2.45, 2.75) is 38.2 Å². The molecule has 4 rings (SSSR count). The number of imidazole rings is 1. The summed E-state index contributed by atoms with van der Waals surface area (Å²) in [4.78, 5) is 20.2. The molecule has 0 fully saturated rings. The molecule has 0 radical (unpaired) electrons. The summed E-state index contributed by atoms with van der Waals surface area (Å²) in [6.45, 7) is 2.96. The average molecular weight is 382 g/mol. The third-order valence-corrected chi connectivity index (χ3v) is 5.17. The van der Waals surface area contributed by atoms with E-state index in [-0.39, 0.29) is 5.92 Å². The Balaban J connectivity index is 1.52. The number of alkyl halides is 2. The highest BCUT2D eigenvalue weighted by molar-refractivity contribution is 5.96. The van der Waals surface area contributed by atoms with Gasteiger partial charge in [-0.25, -0.2) is 4.98 Å². The Labute approximate surface area is 161 Å². The number of hydrogen-bond acceptors (Lipinski definition) is 3. The zero-order chi connectivity index (χ0) is 19.7. The monoisotopic (exact) mass is 382 g/mol. The molecule has 7 heteroatoms. The summed E-state index contributed by atoms with van der Waals surface area (Å²) >= 11 is 0. The zero-order valence-electron chi connectivity index (χ0n) is 15.4. The quantitative estimate of drug-likeness (QED) is 0.734. The number of carbonyl (C=O) groups is 1. The first kappa shape index (κ1) is 18.3. The van der Waals surface area contributed by atoms with Gasteiger partial charge in [0, 0.05) is 41.8 Å². The highest BCUT2D eigenvalue weighted by Crippen LogP contribution is 2.35. The second-order valence-electron chi connectivity index (χ2n) is 7.00. The van der Waals surface area contributed by atoms with Crippen LogP contribution in [0.5, 0.6) is 0 Å². The van der Waals surface area contributed by atoms with Crippen LogP contribution < -0.4 is 5.32 Å². The lowest BCUT2D eigenvalue weighted by Gasteiger charge is -2.25. The van der Waals surface area contributed by atoms with E-state index in [1.54, 1.807) is 12.1 Å². The van der Waals surface area contributed by atoms with Crippen LogP contribution in [0, 0.1) is 6.92 Å². The van der Waals surface area contributed by atoms with Gasteiger partial charge in [-0.1, -0.05) is 12.1 Å². The van der Waals surface area contributed by atoms with Crippen molar-refractivity contribution in [3.05, 3.63) is 77.6 Å². The number of amides is 1. The van der Waals surface area contributed by atoms with Gasteiger partial charge in [0.05, 0.1) is 12.0 Å². The molecule has 28 heavy (non-hydrogen) atoms. The van der Waals surface area contributed by atoms with E-state index in [9.17, 15) is 13.6 Å². The summed E-state index contributed by atoms with van der Waals surface area (Å²) in [5.41, 5.74) is 3.19. The van der Waals surface area contributed by atoms with Crippen molar-refractivity contribution in [3.8, 4) is 0 Å². The van der Waals surface area contributed by atoms with E-state index in [4.69, 9.17) is 0 Å². The number of nitrogens with zero attached hydrogens (tertiary/aromatic N) is 3. The minimum absolute atomic E-state index is 0.220. The first-order chi connectivity index (χ1) is 13.5. The summed E-state index contributed by atoms with van der Waals surface area (Å²) in [5.74, 6) is -4.81. The van der Waals surface area contributed by atoms with Gasteiger partial charge >= 0.3 is 5.92 Å². The number of pyridine rings is 1. The fourth-order valence-electron chi connectivity index (χ4n) is 3.74. The predicted octanol–water partition coefficient (Wildman–Crippen LogP) is 4.24. The molecule has 0 saturated carbocycles. The molecular formula is C21H20F2N4O. The Kier molecular flexibility index (Phi) is 4.66. The van der Waals surface area contributed by atoms with Crippen LogP contribution >= 0.6 is 0 Å². The van der Waals surface area contributed by atoms with Crippen LogP contribution in [0.25, 0.3) is 0 Å². The van der Waals surface area contributed by atoms with E-state index in [1.165, 1.54) is 24.0 Å². The van der Waals surface area contributed by atoms with Crippen LogP contribution in [0.2, 0.25) is 0 Å². The third kappa shape index (κ3) is 3.28. The molecule has 5 nitrogen and oxygen atoms in total. The molecule has 1 amide bonds. The number of nitrogens with one attached hydrogen (secondary N) is 1. The maximum Gasteiger partial charge on any atom is 0.351 e. The van der Waals surface area contributed by atoms with E-state index in [0.29, 0.717) is 5.69 Å². The molecule has 144 valence electrons. The van der Waals surface area contributed by atoms with E-state index in [0.717, 1.165) is 36.8 Å². The molecule has 0 spiro atoms. The van der Waals surface area contributed by atoms with Gasteiger partial charge in [-0.15, -0.1) is 0 Å². The number of aryl methyl sites for hydroxylation is 2. The zero-order valence-corrected chi connectivity index (χ0v) is 15.4. The molecule has 1 atom stereocenters. The van der Waals surface area contributed by atoms with Crippen molar-refractivity contribution in [1.29, 1.82) is 0 Å². The number of carbonyl (C=O) groups excluding carboxylic acids is 1. The highest BCUT2D eigenvalue weighted by atomic mass is 19.3. The van der Waals surface area contributed by atoms with Crippen LogP contribution in [0.15, 0.2) is 55.1 Å². The number of benzene rings is 1. The second kappa shape index (κ2) is 7.14. The van der Waals surface area contributed by atoms with E-state index >= 15 is 0 Å². The Morgan fingerprint density at radius 3 is 2.75 bits per heavy atom. The molecule has 3 heterocycles. The Hall–Kier alpha value is -3.09. The van der Waals surface area contributed by atoms with Crippen molar-refractivity contribution < 1.29 is 13.6 Å². The molecule has 1 aliphatic heterocycles. The van der Waals surface area contributed by atoms with Gasteiger partial charge in [0.2, 0.25) is 0 Å². The minimum atomic E-state index is -3.65. The molecule has 0 saturated heterocycles. The topological polar surface area (TPSA) is 59.8 Å². The highest BCUT2D eigenvalue weighted by Gasteiger charge is 2.41. The predicted molar refractivity (Wildman–Crippen MR) is 101 cm³/mol. The van der Waals surface area contributed by atoms with Crippen LogP contribution in [0.4, 0.5) is 14.5 Å². The van der Waals surface area contributed by atoms with Crippen molar-refractivity contribution in [2.75, 3.05) is 5.32 Å². The normalized spacial score (nSPS) is 16.5. The van der Waals surface area contributed by atoms with Gasteiger partial charge in [-0.3, -0.25) is 9.78 Å². The standard InChI is InChI=1S/C21H20F2N4O/c1-14-19-18(5-3-11-27(19)13-25-14)15-6-8-17(9-7-15)26-20(28)21(22,23)16-4-2-10-24-12-16/h2,4,6-10,12-13,18H,3,5,11H2,1H3,(H,26,28)/t18-/m1/s1. The molecule has 3 aromatic rings. The lowest BCUT2D eigenvalue weighted by Crippen LogP contribution is -2.32. The smallest absolute Gasteiger partial charge is 0.334 e. The number of aromatic nitrogens is 3. The van der Waals surface area contributed by atoms with Crippen molar-refractivity contribution in [1.82, 2.24) is 14.5 Å².